The van der Waals surface area contributed by atoms with Gasteiger partial charge in [-0.15, -0.1) is 0 Å². The summed E-state index contributed by atoms with van der Waals surface area (Å²) in [6.07, 6.45) is 1.53. The summed E-state index contributed by atoms with van der Waals surface area (Å²) in [7, 11) is 0. The number of carbonyl (C=O) groups is 1. The average Bonchev–Trinajstić information content (AvgIpc) is 2.56. The molecule has 0 radical (unpaired) electrons. The summed E-state index contributed by atoms with van der Waals surface area (Å²) < 4.78 is 5.05. The Hall–Kier alpha value is -2.05. The van der Waals surface area contributed by atoms with E-state index < -0.39 is 0 Å². The second-order valence-corrected chi connectivity index (χ2v) is 5.97. The topological polar surface area (TPSA) is 70.6 Å². The predicted octanol–water partition coefficient (Wildman–Crippen LogP) is 2.66. The number of nitrogens with zero attached hydrogens (tertiary/aromatic N) is 4. The molecule has 1 aliphatic heterocycles. The Morgan fingerprint density at radius 3 is 2.54 bits per heavy atom. The molecule has 2 rings (SSSR count). The number of nitrogens with one attached hydrogen (secondary N) is 1. The summed E-state index contributed by atoms with van der Waals surface area (Å²) in [5, 5.41) is 3.43. The molecule has 0 saturated carbocycles. The van der Waals surface area contributed by atoms with E-state index in [1.54, 1.807) is 4.90 Å². The number of hydrogen-bond donors (Lipinski definition) is 1. The summed E-state index contributed by atoms with van der Waals surface area (Å²) in [6.45, 7) is 11.7. The van der Waals surface area contributed by atoms with Gasteiger partial charge in [-0.1, -0.05) is 0 Å². The number of piperidine rings is 1. The summed E-state index contributed by atoms with van der Waals surface area (Å²) >= 11 is 0. The van der Waals surface area contributed by atoms with Crippen molar-refractivity contribution in [1.82, 2.24) is 14.9 Å². The molecule has 0 atom stereocenters. The molecular formula is C17H29N5O2. The largest absolute Gasteiger partial charge is 0.450 e. The highest BCUT2D eigenvalue weighted by Gasteiger charge is 2.24. The van der Waals surface area contributed by atoms with E-state index in [4.69, 9.17) is 4.74 Å². The molecule has 0 unspecified atom stereocenters. The van der Waals surface area contributed by atoms with E-state index in [0.717, 1.165) is 37.4 Å². The Bertz CT molecular complexity index is 540. The molecule has 24 heavy (non-hydrogen) atoms. The lowest BCUT2D eigenvalue weighted by Gasteiger charge is -2.31. The Morgan fingerprint density at radius 2 is 1.96 bits per heavy atom. The van der Waals surface area contributed by atoms with Gasteiger partial charge < -0.3 is 19.9 Å². The molecule has 2 heterocycles. The molecular weight excluding hydrogens is 306 g/mol. The third-order valence-corrected chi connectivity index (χ3v) is 4.28. The van der Waals surface area contributed by atoms with Crippen molar-refractivity contribution in [3.05, 3.63) is 11.8 Å². The lowest BCUT2D eigenvalue weighted by atomic mass is 10.1. The van der Waals surface area contributed by atoms with E-state index in [-0.39, 0.29) is 12.1 Å². The third kappa shape index (κ3) is 4.72. The van der Waals surface area contributed by atoms with Crippen molar-refractivity contribution in [2.24, 2.45) is 0 Å². The molecule has 0 aromatic carbocycles. The summed E-state index contributed by atoms with van der Waals surface area (Å²) in [6, 6.07) is 2.30. The number of rotatable bonds is 6. The fourth-order valence-corrected chi connectivity index (χ4v) is 2.93. The Kier molecular flexibility index (Phi) is 6.63. The van der Waals surface area contributed by atoms with Gasteiger partial charge in [0.25, 0.3) is 0 Å². The average molecular weight is 335 g/mol. The molecule has 0 spiro atoms. The number of likely N-dealkylation sites (tertiary alicyclic amines) is 1. The van der Waals surface area contributed by atoms with Crippen LogP contribution in [0.1, 0.15) is 39.3 Å². The van der Waals surface area contributed by atoms with Gasteiger partial charge in [0.1, 0.15) is 5.82 Å². The molecule has 134 valence electrons. The van der Waals surface area contributed by atoms with E-state index in [0.29, 0.717) is 25.6 Å². The fraction of sp³-hybridized carbons (Fsp3) is 0.706. The quantitative estimate of drug-likeness (QED) is 0.862. The van der Waals surface area contributed by atoms with Crippen LogP contribution in [-0.2, 0) is 4.74 Å². The first kappa shape index (κ1) is 18.3. The number of ether oxygens (including phenoxy) is 1. The zero-order chi connectivity index (χ0) is 17.5. The molecule has 1 amide bonds. The highest BCUT2D eigenvalue weighted by molar-refractivity contribution is 5.67. The van der Waals surface area contributed by atoms with Crippen molar-refractivity contribution in [2.45, 2.75) is 46.6 Å². The van der Waals surface area contributed by atoms with Crippen molar-refractivity contribution < 1.29 is 9.53 Å². The lowest BCUT2D eigenvalue weighted by Crippen LogP contribution is -2.42. The molecule has 0 bridgehead atoms. The maximum Gasteiger partial charge on any atom is 0.409 e. The highest BCUT2D eigenvalue weighted by Crippen LogP contribution is 2.18. The molecule has 7 heteroatoms. The third-order valence-electron chi connectivity index (χ3n) is 4.28. The molecule has 1 aromatic rings. The van der Waals surface area contributed by atoms with Crippen molar-refractivity contribution in [1.29, 1.82) is 0 Å². The van der Waals surface area contributed by atoms with Gasteiger partial charge in [-0.3, -0.25) is 0 Å². The lowest BCUT2D eigenvalue weighted by molar-refractivity contribution is 0.0983. The zero-order valence-corrected chi connectivity index (χ0v) is 15.2. The van der Waals surface area contributed by atoms with Gasteiger partial charge in [-0.25, -0.2) is 9.78 Å². The summed E-state index contributed by atoms with van der Waals surface area (Å²) in [5.41, 5.74) is 0.957. The summed E-state index contributed by atoms with van der Waals surface area (Å²) in [5.74, 6) is 1.63. The summed E-state index contributed by atoms with van der Waals surface area (Å²) in [4.78, 5) is 24.9. The number of hydrogen-bond acceptors (Lipinski definition) is 6. The van der Waals surface area contributed by atoms with Crippen LogP contribution in [0.5, 0.6) is 0 Å². The van der Waals surface area contributed by atoms with E-state index in [2.05, 4.69) is 34.0 Å². The van der Waals surface area contributed by atoms with Crippen LogP contribution in [0, 0.1) is 6.92 Å². The van der Waals surface area contributed by atoms with Crippen LogP contribution in [0.25, 0.3) is 0 Å². The first-order chi connectivity index (χ1) is 11.6. The van der Waals surface area contributed by atoms with Gasteiger partial charge in [-0.2, -0.15) is 4.98 Å². The van der Waals surface area contributed by atoms with E-state index in [1.807, 2.05) is 19.9 Å². The molecule has 1 aromatic heterocycles. The van der Waals surface area contributed by atoms with Gasteiger partial charge >= 0.3 is 6.09 Å². The number of carbonyl (C=O) groups excluding carboxylic acids is 1. The normalized spacial score (nSPS) is 15.2. The minimum absolute atomic E-state index is 0.216. The van der Waals surface area contributed by atoms with Crippen LogP contribution in [0.15, 0.2) is 6.07 Å². The SMILES string of the molecule is CCOC(=O)N1CCC(Nc2nc(C)cc(N(CC)CC)n2)CC1. The van der Waals surface area contributed by atoms with Gasteiger partial charge in [0.05, 0.1) is 6.61 Å². The minimum Gasteiger partial charge on any atom is -0.450 e. The molecule has 1 aliphatic rings. The van der Waals surface area contributed by atoms with Crippen LogP contribution >= 0.6 is 0 Å². The number of aryl methyl sites for hydroxylation is 1. The van der Waals surface area contributed by atoms with Gasteiger partial charge in [0.15, 0.2) is 0 Å². The molecule has 0 aliphatic carbocycles. The molecule has 1 saturated heterocycles. The van der Waals surface area contributed by atoms with E-state index in [1.165, 1.54) is 0 Å². The molecule has 1 N–H and O–H groups in total. The van der Waals surface area contributed by atoms with E-state index in [9.17, 15) is 4.79 Å². The molecule has 1 fully saturated rings. The Morgan fingerprint density at radius 1 is 1.29 bits per heavy atom. The second kappa shape index (κ2) is 8.70. The number of amides is 1. The first-order valence-corrected chi connectivity index (χ1v) is 8.86. The van der Waals surface area contributed by atoms with Crippen molar-refractivity contribution in [3.8, 4) is 0 Å². The standard InChI is InChI=1S/C17H29N5O2/c1-5-21(6-2)15-12-13(4)18-16(20-15)19-14-8-10-22(11-9-14)17(23)24-7-3/h12,14H,5-11H2,1-4H3,(H,18,19,20). The smallest absolute Gasteiger partial charge is 0.409 e. The predicted molar refractivity (Wildman–Crippen MR) is 95.6 cm³/mol. The van der Waals surface area contributed by atoms with Crippen LogP contribution in [0.2, 0.25) is 0 Å². The van der Waals surface area contributed by atoms with Crippen LogP contribution in [-0.4, -0.2) is 59.8 Å². The fourth-order valence-electron chi connectivity index (χ4n) is 2.93. The highest BCUT2D eigenvalue weighted by atomic mass is 16.6. The zero-order valence-electron chi connectivity index (χ0n) is 15.2. The van der Waals surface area contributed by atoms with Gasteiger partial charge in [0, 0.05) is 44.0 Å². The van der Waals surface area contributed by atoms with Crippen LogP contribution in [0.4, 0.5) is 16.6 Å². The van der Waals surface area contributed by atoms with Gasteiger partial charge in [-0.05, 0) is 40.5 Å². The van der Waals surface area contributed by atoms with Gasteiger partial charge in [0.2, 0.25) is 5.95 Å². The van der Waals surface area contributed by atoms with Crippen LogP contribution < -0.4 is 10.2 Å². The van der Waals surface area contributed by atoms with Crippen LogP contribution in [0.3, 0.4) is 0 Å². The van der Waals surface area contributed by atoms with E-state index >= 15 is 0 Å². The maximum absolute atomic E-state index is 11.7. The number of anilines is 2. The molecule has 7 nitrogen and oxygen atoms in total. The number of aromatic nitrogens is 2. The van der Waals surface area contributed by atoms with Crippen molar-refractivity contribution in [3.63, 3.8) is 0 Å². The van der Waals surface area contributed by atoms with Crippen molar-refractivity contribution in [2.75, 3.05) is 43.0 Å². The second-order valence-electron chi connectivity index (χ2n) is 5.97. The maximum atomic E-state index is 11.7. The Labute approximate surface area is 144 Å². The minimum atomic E-state index is -0.216. The first-order valence-electron chi connectivity index (χ1n) is 8.86. The monoisotopic (exact) mass is 335 g/mol. The van der Waals surface area contributed by atoms with Crippen molar-refractivity contribution >= 4 is 17.9 Å². The Balaban J connectivity index is 1.96.